The highest BCUT2D eigenvalue weighted by Crippen LogP contribution is 2.34. The van der Waals surface area contributed by atoms with E-state index in [0.29, 0.717) is 13.2 Å². The molecule has 0 bridgehead atoms. The molecular weight excluding hydrogens is 398 g/mol. The van der Waals surface area contributed by atoms with E-state index in [1.165, 1.54) is 0 Å². The molecule has 0 spiro atoms. The SMILES string of the molecule is CCn1cnc2c(NCCOC)nc(C3(C)CCCN(Cc4csc(C)n4)C3)nc21. The van der Waals surface area contributed by atoms with Gasteiger partial charge in [0.05, 0.1) is 23.6 Å². The minimum absolute atomic E-state index is 0.113. The van der Waals surface area contributed by atoms with Crippen molar-refractivity contribution in [3.63, 3.8) is 0 Å². The van der Waals surface area contributed by atoms with Crippen LogP contribution in [0.4, 0.5) is 5.82 Å². The van der Waals surface area contributed by atoms with E-state index in [-0.39, 0.29) is 5.41 Å². The first-order valence-corrected chi connectivity index (χ1v) is 11.5. The molecule has 9 heteroatoms. The fourth-order valence-electron chi connectivity index (χ4n) is 4.21. The molecule has 0 saturated carbocycles. The molecule has 1 unspecified atom stereocenters. The number of fused-ring (bicyclic) bond motifs is 1. The summed E-state index contributed by atoms with van der Waals surface area (Å²) >= 11 is 1.72. The monoisotopic (exact) mass is 429 g/mol. The Hall–Kier alpha value is -2.10. The predicted molar refractivity (Wildman–Crippen MR) is 120 cm³/mol. The zero-order valence-corrected chi connectivity index (χ0v) is 19.1. The Morgan fingerprint density at radius 2 is 2.17 bits per heavy atom. The van der Waals surface area contributed by atoms with Crippen LogP contribution < -0.4 is 5.32 Å². The van der Waals surface area contributed by atoms with Gasteiger partial charge in [-0.3, -0.25) is 4.90 Å². The van der Waals surface area contributed by atoms with Crippen LogP contribution in [0.2, 0.25) is 0 Å². The molecule has 4 heterocycles. The number of piperidine rings is 1. The Morgan fingerprint density at radius 3 is 2.90 bits per heavy atom. The third-order valence-electron chi connectivity index (χ3n) is 5.77. The lowest BCUT2D eigenvalue weighted by Crippen LogP contribution is -2.45. The van der Waals surface area contributed by atoms with Gasteiger partial charge in [0.15, 0.2) is 11.5 Å². The number of ether oxygens (including phenoxy) is 1. The van der Waals surface area contributed by atoms with E-state index in [0.717, 1.165) is 72.5 Å². The Labute approximate surface area is 181 Å². The minimum Gasteiger partial charge on any atom is -0.383 e. The van der Waals surface area contributed by atoms with Crippen molar-refractivity contribution < 1.29 is 4.74 Å². The van der Waals surface area contributed by atoms with Crippen LogP contribution in [-0.4, -0.2) is 62.8 Å². The number of nitrogens with zero attached hydrogens (tertiary/aromatic N) is 6. The number of nitrogens with one attached hydrogen (secondary N) is 1. The molecule has 0 aromatic carbocycles. The summed E-state index contributed by atoms with van der Waals surface area (Å²) in [5.41, 5.74) is 2.77. The summed E-state index contributed by atoms with van der Waals surface area (Å²) < 4.78 is 7.28. The zero-order valence-electron chi connectivity index (χ0n) is 18.3. The highest BCUT2D eigenvalue weighted by Gasteiger charge is 2.36. The van der Waals surface area contributed by atoms with Crippen LogP contribution in [0.3, 0.4) is 0 Å². The van der Waals surface area contributed by atoms with Crippen molar-refractivity contribution in [1.29, 1.82) is 0 Å². The summed E-state index contributed by atoms with van der Waals surface area (Å²) in [7, 11) is 1.70. The van der Waals surface area contributed by atoms with Gasteiger partial charge in [-0.15, -0.1) is 11.3 Å². The molecule has 162 valence electrons. The van der Waals surface area contributed by atoms with Gasteiger partial charge in [-0.1, -0.05) is 6.92 Å². The molecule has 4 rings (SSSR count). The first kappa shape index (κ1) is 21.1. The fraction of sp³-hybridized carbons (Fsp3) is 0.619. The van der Waals surface area contributed by atoms with Gasteiger partial charge in [0, 0.05) is 44.1 Å². The lowest BCUT2D eigenvalue weighted by molar-refractivity contribution is 0.143. The number of thiazole rings is 1. The van der Waals surface area contributed by atoms with Gasteiger partial charge in [-0.25, -0.2) is 19.9 Å². The quantitative estimate of drug-likeness (QED) is 0.551. The first-order valence-electron chi connectivity index (χ1n) is 10.6. The number of rotatable bonds is 8. The third-order valence-corrected chi connectivity index (χ3v) is 6.59. The second-order valence-corrected chi connectivity index (χ2v) is 9.31. The predicted octanol–water partition coefficient (Wildman–Crippen LogP) is 3.22. The van der Waals surface area contributed by atoms with Crippen molar-refractivity contribution in [3.8, 4) is 0 Å². The Balaban J connectivity index is 1.64. The molecule has 1 saturated heterocycles. The number of likely N-dealkylation sites (tertiary alicyclic amines) is 1. The third kappa shape index (κ3) is 4.33. The van der Waals surface area contributed by atoms with E-state index in [2.05, 4.69) is 50.9 Å². The highest BCUT2D eigenvalue weighted by molar-refractivity contribution is 7.09. The molecule has 1 N–H and O–H groups in total. The molecule has 1 aliphatic heterocycles. The van der Waals surface area contributed by atoms with Crippen LogP contribution in [0.25, 0.3) is 11.2 Å². The van der Waals surface area contributed by atoms with Gasteiger partial charge < -0.3 is 14.6 Å². The molecule has 8 nitrogen and oxygen atoms in total. The maximum absolute atomic E-state index is 5.20. The number of aromatic nitrogens is 5. The number of imidazole rings is 1. The number of hydrogen-bond acceptors (Lipinski definition) is 8. The first-order chi connectivity index (χ1) is 14.5. The van der Waals surface area contributed by atoms with Crippen LogP contribution in [0.1, 0.15) is 43.2 Å². The fourth-order valence-corrected chi connectivity index (χ4v) is 4.82. The lowest BCUT2D eigenvalue weighted by atomic mass is 9.81. The molecular formula is C21H31N7OS. The largest absolute Gasteiger partial charge is 0.383 e. The second kappa shape index (κ2) is 8.95. The van der Waals surface area contributed by atoms with Gasteiger partial charge in [-0.05, 0) is 33.2 Å². The average molecular weight is 430 g/mol. The van der Waals surface area contributed by atoms with Gasteiger partial charge in [0.2, 0.25) is 0 Å². The molecule has 30 heavy (non-hydrogen) atoms. The standard InChI is InChI=1S/C21H31N7OS/c1-5-28-14-23-17-18(22-8-10-29-4)25-20(26-19(17)28)21(3)7-6-9-27(13-21)11-16-12-30-15(2)24-16/h12,14H,5-11,13H2,1-4H3,(H,22,25,26). The second-order valence-electron chi connectivity index (χ2n) is 8.25. The summed E-state index contributed by atoms with van der Waals surface area (Å²) in [4.78, 5) is 21.7. The summed E-state index contributed by atoms with van der Waals surface area (Å²) in [6.45, 7) is 11.5. The summed E-state index contributed by atoms with van der Waals surface area (Å²) in [6, 6.07) is 0. The summed E-state index contributed by atoms with van der Waals surface area (Å²) in [5, 5.41) is 6.69. The van der Waals surface area contributed by atoms with Crippen LogP contribution in [-0.2, 0) is 23.2 Å². The van der Waals surface area contributed by atoms with E-state index in [9.17, 15) is 0 Å². The van der Waals surface area contributed by atoms with E-state index >= 15 is 0 Å². The Kier molecular flexibility index (Phi) is 6.31. The summed E-state index contributed by atoms with van der Waals surface area (Å²) in [5.74, 6) is 1.69. The van der Waals surface area contributed by atoms with Crippen molar-refractivity contribution in [2.45, 2.75) is 52.1 Å². The summed E-state index contributed by atoms with van der Waals surface area (Å²) in [6.07, 6.45) is 4.05. The normalized spacial score (nSPS) is 20.1. The van der Waals surface area contributed by atoms with E-state index in [1.807, 2.05) is 6.33 Å². The van der Waals surface area contributed by atoms with E-state index in [4.69, 9.17) is 14.7 Å². The highest BCUT2D eigenvalue weighted by atomic mass is 32.1. The van der Waals surface area contributed by atoms with Gasteiger partial charge in [0.25, 0.3) is 0 Å². The van der Waals surface area contributed by atoms with Crippen LogP contribution in [0.15, 0.2) is 11.7 Å². The van der Waals surface area contributed by atoms with Crippen molar-refractivity contribution in [2.24, 2.45) is 0 Å². The maximum atomic E-state index is 5.20. The molecule has 1 fully saturated rings. The van der Waals surface area contributed by atoms with E-state index in [1.54, 1.807) is 18.4 Å². The number of methoxy groups -OCH3 is 1. The van der Waals surface area contributed by atoms with Crippen LogP contribution >= 0.6 is 11.3 Å². The molecule has 3 aromatic rings. The van der Waals surface area contributed by atoms with Crippen LogP contribution in [0, 0.1) is 6.92 Å². The van der Waals surface area contributed by atoms with Gasteiger partial charge >= 0.3 is 0 Å². The minimum atomic E-state index is -0.113. The lowest BCUT2D eigenvalue weighted by Gasteiger charge is -2.39. The van der Waals surface area contributed by atoms with Crippen molar-refractivity contribution in [1.82, 2.24) is 29.4 Å². The molecule has 0 aliphatic carbocycles. The number of anilines is 1. The van der Waals surface area contributed by atoms with Crippen molar-refractivity contribution in [2.75, 3.05) is 38.7 Å². The smallest absolute Gasteiger partial charge is 0.165 e. The number of hydrogen-bond donors (Lipinski definition) is 1. The maximum Gasteiger partial charge on any atom is 0.165 e. The topological polar surface area (TPSA) is 81.0 Å². The number of aryl methyl sites for hydroxylation is 2. The Bertz CT molecular complexity index is 1000. The molecule has 0 radical (unpaired) electrons. The van der Waals surface area contributed by atoms with Crippen LogP contribution in [0.5, 0.6) is 0 Å². The van der Waals surface area contributed by atoms with Crippen molar-refractivity contribution >= 4 is 28.3 Å². The Morgan fingerprint density at radius 1 is 1.30 bits per heavy atom. The average Bonchev–Trinajstić information content (AvgIpc) is 3.33. The molecule has 0 amide bonds. The van der Waals surface area contributed by atoms with E-state index < -0.39 is 0 Å². The molecule has 1 atom stereocenters. The van der Waals surface area contributed by atoms with Gasteiger partial charge in [0.1, 0.15) is 11.3 Å². The molecule has 1 aliphatic rings. The van der Waals surface area contributed by atoms with Crippen molar-refractivity contribution in [3.05, 3.63) is 28.2 Å². The van der Waals surface area contributed by atoms with Gasteiger partial charge in [-0.2, -0.15) is 0 Å². The molecule has 3 aromatic heterocycles. The zero-order chi connectivity index (χ0) is 21.1.